The molecule has 0 aliphatic rings. The second-order valence-corrected chi connectivity index (χ2v) is 8.75. The van der Waals surface area contributed by atoms with Gasteiger partial charge in [-0.25, -0.2) is 17.8 Å². The van der Waals surface area contributed by atoms with E-state index in [1.807, 2.05) is 0 Å². The summed E-state index contributed by atoms with van der Waals surface area (Å²) in [7, 11) is -3.83. The van der Waals surface area contributed by atoms with E-state index in [2.05, 4.69) is 20.0 Å². The number of carbonyl (C=O) groups excluding carboxylic acids is 1. The lowest BCUT2D eigenvalue weighted by molar-refractivity contribution is -0.140. The van der Waals surface area contributed by atoms with Gasteiger partial charge in [0.05, 0.1) is 33.9 Å². The molecule has 166 valence electrons. The minimum absolute atomic E-state index is 0.0161. The Morgan fingerprint density at radius 3 is 2.61 bits per heavy atom. The quantitative estimate of drug-likeness (QED) is 0.443. The van der Waals surface area contributed by atoms with Gasteiger partial charge in [-0.05, 0) is 30.7 Å². The number of carbonyl (C=O) groups is 1. The summed E-state index contributed by atoms with van der Waals surface area (Å²) in [5, 5.41) is 2.08. The van der Waals surface area contributed by atoms with Gasteiger partial charge in [0.1, 0.15) is 11.3 Å². The number of hydrogen-bond acceptors (Lipinski definition) is 4. The number of rotatable bonds is 6. The van der Waals surface area contributed by atoms with E-state index in [4.69, 9.17) is 11.6 Å². The predicted octanol–water partition coefficient (Wildman–Crippen LogP) is 4.78. The summed E-state index contributed by atoms with van der Waals surface area (Å²) in [4.78, 5) is 18.5. The van der Waals surface area contributed by atoms with Gasteiger partial charge in [-0.2, -0.15) is 13.2 Å². The van der Waals surface area contributed by atoms with Crippen LogP contribution in [0.5, 0.6) is 0 Å². The molecule has 2 aromatic heterocycles. The first-order chi connectivity index (χ1) is 14.4. The fourth-order valence-electron chi connectivity index (χ4n) is 2.76. The van der Waals surface area contributed by atoms with Crippen LogP contribution in [0.15, 0.2) is 30.5 Å². The zero-order chi connectivity index (χ0) is 23.0. The van der Waals surface area contributed by atoms with Crippen LogP contribution >= 0.6 is 11.6 Å². The number of nitrogens with zero attached hydrogens (tertiary/aromatic N) is 1. The Kier molecular flexibility index (Phi) is 6.14. The van der Waals surface area contributed by atoms with Gasteiger partial charge in [-0.3, -0.25) is 9.52 Å². The summed E-state index contributed by atoms with van der Waals surface area (Å²) in [6, 6.07) is 4.25. The van der Waals surface area contributed by atoms with Crippen molar-refractivity contribution in [2.45, 2.75) is 19.5 Å². The predicted molar refractivity (Wildman–Crippen MR) is 108 cm³/mol. The molecule has 3 aromatic rings. The van der Waals surface area contributed by atoms with E-state index < -0.39 is 44.9 Å². The van der Waals surface area contributed by atoms with Crippen molar-refractivity contribution in [1.82, 2.24) is 9.97 Å². The molecule has 13 heteroatoms. The number of alkyl halides is 3. The Morgan fingerprint density at radius 2 is 1.97 bits per heavy atom. The maximum atomic E-state index is 14.8. The van der Waals surface area contributed by atoms with Gasteiger partial charge in [0, 0.05) is 5.39 Å². The van der Waals surface area contributed by atoms with E-state index in [1.165, 1.54) is 6.07 Å². The number of halogens is 5. The summed E-state index contributed by atoms with van der Waals surface area (Å²) in [5.74, 6) is -2.48. The summed E-state index contributed by atoms with van der Waals surface area (Å²) in [6.07, 6.45) is -3.23. The van der Waals surface area contributed by atoms with Crippen LogP contribution in [0.3, 0.4) is 0 Å². The lowest BCUT2D eigenvalue weighted by Gasteiger charge is -2.12. The van der Waals surface area contributed by atoms with E-state index in [0.717, 1.165) is 24.4 Å². The molecule has 0 saturated carbocycles. The lowest BCUT2D eigenvalue weighted by atomic mass is 10.1. The fraction of sp³-hybridized carbons (Fsp3) is 0.222. The number of aromatic amines is 1. The molecule has 0 unspecified atom stereocenters. The van der Waals surface area contributed by atoms with E-state index in [-0.39, 0.29) is 27.5 Å². The third-order valence-corrected chi connectivity index (χ3v) is 5.88. The highest BCUT2D eigenvalue weighted by atomic mass is 35.5. The molecular weight excluding hydrogens is 464 g/mol. The standard InChI is InChI=1S/C18H15ClF4N4O3S/c1-2-5-31(29,30)27-12-4-3-11(19)14(15(12)20)17(28)25-10-6-9-7-13(18(21,22)23)26-16(9)24-8-10/h3-4,6-8,27H,2,5H2,1H3,(H,24,26)(H,25,28). The molecular formula is C18H15ClF4N4O3S. The molecule has 0 saturated heterocycles. The van der Waals surface area contributed by atoms with Crippen LogP contribution in [0.1, 0.15) is 29.4 Å². The van der Waals surface area contributed by atoms with Gasteiger partial charge in [-0.1, -0.05) is 18.5 Å². The highest BCUT2D eigenvalue weighted by Crippen LogP contribution is 2.32. The van der Waals surface area contributed by atoms with Gasteiger partial charge in [0.15, 0.2) is 5.82 Å². The summed E-state index contributed by atoms with van der Waals surface area (Å²) < 4.78 is 79.1. The minimum atomic E-state index is -4.60. The third-order valence-electron chi connectivity index (χ3n) is 4.09. The van der Waals surface area contributed by atoms with Crippen molar-refractivity contribution in [2.24, 2.45) is 0 Å². The number of pyridine rings is 1. The smallest absolute Gasteiger partial charge is 0.336 e. The van der Waals surface area contributed by atoms with Crippen molar-refractivity contribution >= 4 is 49.9 Å². The van der Waals surface area contributed by atoms with Crippen molar-refractivity contribution in [2.75, 3.05) is 15.8 Å². The Bertz CT molecular complexity index is 1260. The number of aromatic nitrogens is 2. The zero-order valence-electron chi connectivity index (χ0n) is 15.8. The molecule has 31 heavy (non-hydrogen) atoms. The van der Waals surface area contributed by atoms with Crippen LogP contribution in [0, 0.1) is 5.82 Å². The number of amides is 1. The molecule has 1 amide bonds. The highest BCUT2D eigenvalue weighted by molar-refractivity contribution is 7.92. The second-order valence-electron chi connectivity index (χ2n) is 6.50. The Balaban J connectivity index is 1.90. The van der Waals surface area contributed by atoms with Gasteiger partial charge in [-0.15, -0.1) is 0 Å². The molecule has 3 N–H and O–H groups in total. The number of fused-ring (bicyclic) bond motifs is 1. The average Bonchev–Trinajstić information content (AvgIpc) is 3.08. The molecule has 2 heterocycles. The Morgan fingerprint density at radius 1 is 1.26 bits per heavy atom. The normalized spacial score (nSPS) is 12.2. The molecule has 7 nitrogen and oxygen atoms in total. The molecule has 0 aliphatic carbocycles. The minimum Gasteiger partial charge on any atom is -0.336 e. The number of nitrogens with one attached hydrogen (secondary N) is 3. The fourth-order valence-corrected chi connectivity index (χ4v) is 4.12. The third kappa shape index (κ3) is 5.07. The average molecular weight is 479 g/mol. The molecule has 3 rings (SSSR count). The monoisotopic (exact) mass is 478 g/mol. The number of sulfonamides is 1. The largest absolute Gasteiger partial charge is 0.431 e. The number of hydrogen-bond donors (Lipinski definition) is 3. The van der Waals surface area contributed by atoms with Crippen LogP contribution in [0.4, 0.5) is 28.9 Å². The first-order valence-corrected chi connectivity index (χ1v) is 10.8. The summed E-state index contributed by atoms with van der Waals surface area (Å²) in [6.45, 7) is 1.63. The van der Waals surface area contributed by atoms with Crippen LogP contribution in [0.25, 0.3) is 11.0 Å². The van der Waals surface area contributed by atoms with Crippen LogP contribution in [-0.4, -0.2) is 30.0 Å². The first kappa shape index (κ1) is 22.8. The van der Waals surface area contributed by atoms with Crippen molar-refractivity contribution in [3.8, 4) is 0 Å². The maximum Gasteiger partial charge on any atom is 0.431 e. The molecule has 0 spiro atoms. The van der Waals surface area contributed by atoms with Crippen LogP contribution in [-0.2, 0) is 16.2 Å². The van der Waals surface area contributed by atoms with Crippen molar-refractivity contribution in [1.29, 1.82) is 0 Å². The Labute approximate surface area is 178 Å². The SMILES string of the molecule is CCCS(=O)(=O)Nc1ccc(Cl)c(C(=O)Nc2cnc3[nH]c(C(F)(F)F)cc3c2)c1F. The topological polar surface area (TPSA) is 104 Å². The van der Waals surface area contributed by atoms with Gasteiger partial charge < -0.3 is 10.3 Å². The molecule has 1 aromatic carbocycles. The summed E-state index contributed by atoms with van der Waals surface area (Å²) in [5.41, 5.74) is -2.18. The second kappa shape index (κ2) is 8.35. The van der Waals surface area contributed by atoms with E-state index in [0.29, 0.717) is 6.42 Å². The molecule has 0 bridgehead atoms. The molecule has 0 fully saturated rings. The summed E-state index contributed by atoms with van der Waals surface area (Å²) >= 11 is 5.92. The number of H-pyrrole nitrogens is 1. The van der Waals surface area contributed by atoms with Gasteiger partial charge >= 0.3 is 6.18 Å². The van der Waals surface area contributed by atoms with Crippen LogP contribution in [0.2, 0.25) is 5.02 Å². The van der Waals surface area contributed by atoms with Crippen molar-refractivity contribution in [3.63, 3.8) is 0 Å². The number of anilines is 2. The number of benzene rings is 1. The molecule has 0 radical (unpaired) electrons. The zero-order valence-corrected chi connectivity index (χ0v) is 17.3. The maximum absolute atomic E-state index is 14.8. The van der Waals surface area contributed by atoms with Crippen molar-refractivity contribution < 1.29 is 30.8 Å². The van der Waals surface area contributed by atoms with E-state index in [1.54, 1.807) is 6.92 Å². The van der Waals surface area contributed by atoms with Gasteiger partial charge in [0.25, 0.3) is 5.91 Å². The Hall–Kier alpha value is -2.86. The van der Waals surface area contributed by atoms with Crippen LogP contribution < -0.4 is 10.0 Å². The first-order valence-electron chi connectivity index (χ1n) is 8.77. The van der Waals surface area contributed by atoms with E-state index in [9.17, 15) is 30.8 Å². The lowest BCUT2D eigenvalue weighted by Crippen LogP contribution is -2.20. The van der Waals surface area contributed by atoms with Crippen molar-refractivity contribution in [3.05, 3.63) is 52.6 Å². The molecule has 0 atom stereocenters. The van der Waals surface area contributed by atoms with E-state index >= 15 is 0 Å². The highest BCUT2D eigenvalue weighted by Gasteiger charge is 2.32. The molecule has 0 aliphatic heterocycles. The van der Waals surface area contributed by atoms with Gasteiger partial charge in [0.2, 0.25) is 10.0 Å².